The number of nitrogens with zero attached hydrogens (tertiary/aromatic N) is 2. The number of aliphatic imine (C=N–C) groups is 1. The van der Waals surface area contributed by atoms with E-state index in [4.69, 9.17) is 14.3 Å². The summed E-state index contributed by atoms with van der Waals surface area (Å²) in [5.41, 5.74) is 1.13. The second-order valence-corrected chi connectivity index (χ2v) is 5.73. The van der Waals surface area contributed by atoms with Crippen molar-refractivity contribution in [1.82, 2.24) is 0 Å². The van der Waals surface area contributed by atoms with Crippen LogP contribution >= 0.6 is 0 Å². The van der Waals surface area contributed by atoms with Crippen molar-refractivity contribution in [2.45, 2.75) is 20.8 Å². The highest BCUT2D eigenvalue weighted by atomic mass is 16.7. The number of rotatable bonds is 3. The highest BCUT2D eigenvalue weighted by Crippen LogP contribution is 2.38. The van der Waals surface area contributed by atoms with E-state index in [1.165, 1.54) is 12.2 Å². The van der Waals surface area contributed by atoms with Crippen molar-refractivity contribution in [3.05, 3.63) is 18.2 Å². The van der Waals surface area contributed by atoms with Gasteiger partial charge in [0.05, 0.1) is 19.9 Å². The number of carbonyl (C=O) groups is 1. The van der Waals surface area contributed by atoms with Gasteiger partial charge in [-0.2, -0.15) is 5.06 Å². The molecule has 0 spiro atoms. The summed E-state index contributed by atoms with van der Waals surface area (Å²) in [6.07, 6.45) is 0. The van der Waals surface area contributed by atoms with Gasteiger partial charge in [0.25, 0.3) is 0 Å². The lowest BCUT2D eigenvalue weighted by Crippen LogP contribution is -2.39. The molecule has 0 fully saturated rings. The fraction of sp³-hybridized carbons (Fsp3) is 0.467. The number of benzene rings is 1. The summed E-state index contributed by atoms with van der Waals surface area (Å²) < 4.78 is 9.92. The molecule has 21 heavy (non-hydrogen) atoms. The van der Waals surface area contributed by atoms with Gasteiger partial charge in [0, 0.05) is 11.5 Å². The van der Waals surface area contributed by atoms with Crippen molar-refractivity contribution >= 4 is 23.2 Å². The minimum atomic E-state index is -0.390. The molecule has 0 aliphatic carbocycles. The summed E-state index contributed by atoms with van der Waals surface area (Å²) in [4.78, 5) is 21.9. The van der Waals surface area contributed by atoms with Crippen molar-refractivity contribution in [3.8, 4) is 5.75 Å². The lowest BCUT2D eigenvalue weighted by molar-refractivity contribution is -0.139. The van der Waals surface area contributed by atoms with Crippen LogP contribution in [0.1, 0.15) is 20.8 Å². The van der Waals surface area contributed by atoms with E-state index in [9.17, 15) is 4.79 Å². The molecule has 1 aromatic rings. The van der Waals surface area contributed by atoms with E-state index in [0.29, 0.717) is 17.3 Å². The minimum absolute atomic E-state index is 0.0221. The number of carbonyl (C=O) groups excluding carboxylic acids is 1. The summed E-state index contributed by atoms with van der Waals surface area (Å²) in [6.45, 7) is 5.97. The van der Waals surface area contributed by atoms with Gasteiger partial charge in [-0.1, -0.05) is 20.8 Å². The van der Waals surface area contributed by atoms with Gasteiger partial charge < -0.3 is 14.3 Å². The Morgan fingerprint density at radius 2 is 2.05 bits per heavy atom. The summed E-state index contributed by atoms with van der Waals surface area (Å²) >= 11 is 0. The lowest BCUT2D eigenvalue weighted by atomic mass is 9.96. The molecule has 0 saturated carbocycles. The van der Waals surface area contributed by atoms with Gasteiger partial charge in [0.15, 0.2) is 6.54 Å². The van der Waals surface area contributed by atoms with Crippen LogP contribution in [-0.2, 0) is 14.4 Å². The molecule has 1 heterocycles. The molecule has 0 N–H and O–H groups in total. The van der Waals surface area contributed by atoms with E-state index in [-0.39, 0.29) is 17.9 Å². The molecule has 6 heteroatoms. The molecule has 0 bridgehead atoms. The Labute approximate surface area is 124 Å². The number of hydrogen-bond acceptors (Lipinski definition) is 6. The number of anilines is 1. The first-order valence-corrected chi connectivity index (χ1v) is 6.64. The number of hydrogen-bond donors (Lipinski definition) is 0. The van der Waals surface area contributed by atoms with Crippen LogP contribution in [0.25, 0.3) is 0 Å². The zero-order valence-corrected chi connectivity index (χ0v) is 13.0. The molecule has 6 nitrogen and oxygen atoms in total. The second-order valence-electron chi connectivity index (χ2n) is 5.73. The summed E-state index contributed by atoms with van der Waals surface area (Å²) in [6, 6.07) is 5.44. The van der Waals surface area contributed by atoms with Gasteiger partial charge in [-0.25, -0.2) is 4.99 Å². The summed E-state index contributed by atoms with van der Waals surface area (Å²) in [5.74, 6) is 0.824. The highest BCUT2D eigenvalue weighted by Gasteiger charge is 2.31. The van der Waals surface area contributed by atoms with Crippen LogP contribution in [-0.4, -0.2) is 32.6 Å². The van der Waals surface area contributed by atoms with Gasteiger partial charge in [-0.05, 0) is 12.1 Å². The van der Waals surface area contributed by atoms with Crippen LogP contribution in [0.5, 0.6) is 5.75 Å². The zero-order valence-electron chi connectivity index (χ0n) is 13.0. The van der Waals surface area contributed by atoms with Crippen LogP contribution in [0.2, 0.25) is 0 Å². The Balaban J connectivity index is 2.44. The molecule has 1 aromatic carbocycles. The Morgan fingerprint density at radius 3 is 2.62 bits per heavy atom. The molecule has 0 saturated heterocycles. The van der Waals surface area contributed by atoms with E-state index in [0.717, 1.165) is 5.69 Å². The predicted molar refractivity (Wildman–Crippen MR) is 80.0 cm³/mol. The smallest absolute Gasteiger partial charge is 0.328 e. The van der Waals surface area contributed by atoms with Gasteiger partial charge in [-0.3, -0.25) is 4.79 Å². The second kappa shape index (κ2) is 5.63. The Morgan fingerprint density at radius 1 is 1.33 bits per heavy atom. The molecule has 0 amide bonds. The standard InChI is InChI=1S/C15H20N2O4/c1-15(2,3)14-16-11-7-6-10(19-4)8-12(11)17(21-14)9-13(18)20-5/h6-8H,9H2,1-5H3. The Hall–Kier alpha value is -2.24. The first kappa shape index (κ1) is 15.2. The van der Waals surface area contributed by atoms with E-state index < -0.39 is 0 Å². The topological polar surface area (TPSA) is 60.4 Å². The van der Waals surface area contributed by atoms with Crippen molar-refractivity contribution in [2.24, 2.45) is 10.4 Å². The highest BCUT2D eigenvalue weighted by molar-refractivity contribution is 5.91. The van der Waals surface area contributed by atoms with Crippen LogP contribution in [0.3, 0.4) is 0 Å². The number of hydroxylamine groups is 1. The third-order valence-electron chi connectivity index (χ3n) is 3.01. The largest absolute Gasteiger partial charge is 0.497 e. The number of fused-ring (bicyclic) bond motifs is 1. The minimum Gasteiger partial charge on any atom is -0.497 e. The molecule has 0 aromatic heterocycles. The maximum absolute atomic E-state index is 11.6. The van der Waals surface area contributed by atoms with Crippen LogP contribution < -0.4 is 9.80 Å². The molecular weight excluding hydrogens is 272 g/mol. The Kier molecular flexibility index (Phi) is 4.06. The molecule has 0 unspecified atom stereocenters. The van der Waals surface area contributed by atoms with Crippen molar-refractivity contribution < 1.29 is 19.1 Å². The molecule has 1 aliphatic rings. The molecule has 0 atom stereocenters. The van der Waals surface area contributed by atoms with Crippen LogP contribution in [0.4, 0.5) is 11.4 Å². The third-order valence-corrected chi connectivity index (χ3v) is 3.01. The van der Waals surface area contributed by atoms with Crippen molar-refractivity contribution in [1.29, 1.82) is 0 Å². The van der Waals surface area contributed by atoms with Crippen molar-refractivity contribution in [3.63, 3.8) is 0 Å². The van der Waals surface area contributed by atoms with E-state index >= 15 is 0 Å². The molecule has 114 valence electrons. The molecule has 2 rings (SSSR count). The first-order chi connectivity index (χ1) is 9.85. The fourth-order valence-electron chi connectivity index (χ4n) is 1.81. The Bertz CT molecular complexity index is 576. The van der Waals surface area contributed by atoms with Gasteiger partial charge in [0.2, 0.25) is 5.90 Å². The number of ether oxygens (including phenoxy) is 2. The molecule has 1 aliphatic heterocycles. The summed E-state index contributed by atoms with van der Waals surface area (Å²) in [7, 11) is 2.93. The zero-order chi connectivity index (χ0) is 15.6. The fourth-order valence-corrected chi connectivity index (χ4v) is 1.81. The summed E-state index contributed by atoms with van der Waals surface area (Å²) in [5, 5.41) is 1.48. The normalized spacial score (nSPS) is 14.0. The third kappa shape index (κ3) is 3.26. The average Bonchev–Trinajstić information content (AvgIpc) is 2.45. The maximum Gasteiger partial charge on any atom is 0.328 e. The monoisotopic (exact) mass is 292 g/mol. The van der Waals surface area contributed by atoms with E-state index in [1.807, 2.05) is 32.9 Å². The van der Waals surface area contributed by atoms with E-state index in [2.05, 4.69) is 4.99 Å². The van der Waals surface area contributed by atoms with Gasteiger partial charge in [0.1, 0.15) is 11.4 Å². The molecular formula is C15H20N2O4. The maximum atomic E-state index is 11.6. The van der Waals surface area contributed by atoms with Crippen molar-refractivity contribution in [2.75, 3.05) is 25.8 Å². The lowest BCUT2D eigenvalue weighted by Gasteiger charge is -2.33. The van der Waals surface area contributed by atoms with Crippen LogP contribution in [0, 0.1) is 5.41 Å². The average molecular weight is 292 g/mol. The van der Waals surface area contributed by atoms with Gasteiger partial charge in [-0.15, -0.1) is 0 Å². The number of esters is 1. The predicted octanol–water partition coefficient (Wildman–Crippen LogP) is 2.70. The van der Waals surface area contributed by atoms with Gasteiger partial charge >= 0.3 is 5.97 Å². The quantitative estimate of drug-likeness (QED) is 0.802. The SMILES string of the molecule is COC(=O)CN1OC(C(C)(C)C)=Nc2ccc(OC)cc21. The van der Waals surface area contributed by atoms with E-state index in [1.54, 1.807) is 13.2 Å². The van der Waals surface area contributed by atoms with Crippen LogP contribution in [0.15, 0.2) is 23.2 Å². The first-order valence-electron chi connectivity index (χ1n) is 6.64. The number of methoxy groups -OCH3 is 2. The molecule has 0 radical (unpaired) electrons.